The second-order valence-electron chi connectivity index (χ2n) is 2.37. The van der Waals surface area contributed by atoms with Gasteiger partial charge in [-0.1, -0.05) is 0 Å². The minimum Gasteiger partial charge on any atom is -0.507 e. The van der Waals surface area contributed by atoms with Crippen molar-refractivity contribution in [3.8, 4) is 5.75 Å². The number of halogens is 1. The Labute approximate surface area is 83.2 Å². The Morgan fingerprint density at radius 3 is 2.58 bits per heavy atom. The summed E-state index contributed by atoms with van der Waals surface area (Å²) in [5, 5.41) is 18.0. The van der Waals surface area contributed by atoms with Crippen molar-refractivity contribution in [3.63, 3.8) is 0 Å². The van der Waals surface area contributed by atoms with Gasteiger partial charge in [-0.05, 0) is 41.6 Å². The summed E-state index contributed by atoms with van der Waals surface area (Å²) in [5.74, 6) is -1.25. The molecule has 0 heterocycles. The topological polar surface area (TPSA) is 57.5 Å². The fraction of sp³-hybridized carbons (Fsp3) is 0.125. The van der Waals surface area contributed by atoms with E-state index >= 15 is 0 Å². The summed E-state index contributed by atoms with van der Waals surface area (Å²) in [6.07, 6.45) is 0. The molecule has 0 aromatic heterocycles. The molecule has 0 saturated heterocycles. The van der Waals surface area contributed by atoms with Crippen molar-refractivity contribution in [2.45, 2.75) is 6.92 Å². The van der Waals surface area contributed by atoms with Crippen LogP contribution in [0.4, 0.5) is 0 Å². The summed E-state index contributed by atoms with van der Waals surface area (Å²) < 4.78 is 0.857. The third kappa shape index (κ3) is 1.52. The van der Waals surface area contributed by atoms with Crippen LogP contribution in [0.15, 0.2) is 12.1 Å². The van der Waals surface area contributed by atoms with Crippen LogP contribution in [0, 0.1) is 10.5 Å². The van der Waals surface area contributed by atoms with E-state index in [2.05, 4.69) is 0 Å². The molecule has 64 valence electrons. The average Bonchev–Trinajstić information content (AvgIpc) is 2.00. The Balaban J connectivity index is 3.36. The number of aromatic hydroxyl groups is 1. The highest BCUT2D eigenvalue weighted by Gasteiger charge is 2.12. The second kappa shape index (κ2) is 3.30. The van der Waals surface area contributed by atoms with Gasteiger partial charge in [0.15, 0.2) is 0 Å². The molecule has 0 amide bonds. The number of hydrogen-bond acceptors (Lipinski definition) is 2. The van der Waals surface area contributed by atoms with Crippen molar-refractivity contribution in [3.05, 3.63) is 26.8 Å². The Morgan fingerprint density at radius 1 is 1.50 bits per heavy atom. The number of aromatic carboxylic acids is 1. The first-order valence-electron chi connectivity index (χ1n) is 3.25. The van der Waals surface area contributed by atoms with Crippen LogP contribution in [0.1, 0.15) is 15.9 Å². The first-order chi connectivity index (χ1) is 5.54. The van der Waals surface area contributed by atoms with E-state index in [4.69, 9.17) is 5.11 Å². The maximum atomic E-state index is 10.5. The van der Waals surface area contributed by atoms with Crippen molar-refractivity contribution in [2.24, 2.45) is 0 Å². The maximum Gasteiger partial charge on any atom is 0.339 e. The predicted octanol–water partition coefficient (Wildman–Crippen LogP) is 2.00. The molecule has 1 rings (SSSR count). The van der Waals surface area contributed by atoms with Gasteiger partial charge in [-0.3, -0.25) is 0 Å². The van der Waals surface area contributed by atoms with Crippen LogP contribution >= 0.6 is 22.6 Å². The summed E-state index contributed by atoms with van der Waals surface area (Å²) in [6.45, 7) is 1.68. The summed E-state index contributed by atoms with van der Waals surface area (Å²) in [4.78, 5) is 10.5. The molecule has 0 fully saturated rings. The first-order valence-corrected chi connectivity index (χ1v) is 4.33. The third-order valence-corrected chi connectivity index (χ3v) is 2.76. The molecule has 0 radical (unpaired) electrons. The Morgan fingerprint density at radius 2 is 2.08 bits per heavy atom. The quantitative estimate of drug-likeness (QED) is 0.772. The smallest absolute Gasteiger partial charge is 0.339 e. The minimum atomic E-state index is -1.10. The van der Waals surface area contributed by atoms with E-state index in [9.17, 15) is 9.90 Å². The van der Waals surface area contributed by atoms with Gasteiger partial charge in [-0.15, -0.1) is 0 Å². The fourth-order valence-electron chi connectivity index (χ4n) is 0.848. The number of carboxylic acids is 1. The van der Waals surface area contributed by atoms with E-state index in [1.165, 1.54) is 6.07 Å². The van der Waals surface area contributed by atoms with E-state index < -0.39 is 5.97 Å². The van der Waals surface area contributed by atoms with Gasteiger partial charge >= 0.3 is 5.97 Å². The molecule has 0 atom stereocenters. The van der Waals surface area contributed by atoms with Gasteiger partial charge in [-0.25, -0.2) is 4.79 Å². The van der Waals surface area contributed by atoms with Crippen molar-refractivity contribution in [2.75, 3.05) is 0 Å². The molecule has 0 unspecified atom stereocenters. The van der Waals surface area contributed by atoms with Gasteiger partial charge in [0.1, 0.15) is 11.3 Å². The van der Waals surface area contributed by atoms with E-state index in [1.807, 2.05) is 22.6 Å². The molecule has 4 heteroatoms. The van der Waals surface area contributed by atoms with Gasteiger partial charge in [0, 0.05) is 9.13 Å². The lowest BCUT2D eigenvalue weighted by Gasteiger charge is -2.04. The standard InChI is InChI=1S/C8H7IO3/c1-4-6(9)3-2-5(7(4)10)8(11)12/h2-3,10H,1H3,(H,11,12). The zero-order valence-corrected chi connectivity index (χ0v) is 8.49. The Kier molecular flexibility index (Phi) is 2.56. The molecule has 0 aliphatic heterocycles. The van der Waals surface area contributed by atoms with Crippen molar-refractivity contribution >= 4 is 28.6 Å². The second-order valence-corrected chi connectivity index (χ2v) is 3.54. The minimum absolute atomic E-state index is 0.0482. The average molecular weight is 278 g/mol. The number of carbonyl (C=O) groups is 1. The highest BCUT2D eigenvalue weighted by atomic mass is 127. The van der Waals surface area contributed by atoms with Gasteiger partial charge in [0.05, 0.1) is 0 Å². The van der Waals surface area contributed by atoms with Gasteiger partial charge in [-0.2, -0.15) is 0 Å². The van der Waals surface area contributed by atoms with Crippen molar-refractivity contribution < 1.29 is 15.0 Å². The first kappa shape index (κ1) is 9.31. The fourth-order valence-corrected chi connectivity index (χ4v) is 1.28. The van der Waals surface area contributed by atoms with Gasteiger partial charge in [0.25, 0.3) is 0 Å². The SMILES string of the molecule is Cc1c(I)ccc(C(=O)O)c1O. The summed E-state index contributed by atoms with van der Waals surface area (Å²) in [6, 6.07) is 3.06. The summed E-state index contributed by atoms with van der Waals surface area (Å²) in [5.41, 5.74) is 0.559. The largest absolute Gasteiger partial charge is 0.507 e. The molecular formula is C8H7IO3. The number of phenols is 1. The van der Waals surface area contributed by atoms with Crippen LogP contribution in [0.3, 0.4) is 0 Å². The lowest BCUT2D eigenvalue weighted by Crippen LogP contribution is -1.98. The molecule has 1 aromatic rings. The summed E-state index contributed by atoms with van der Waals surface area (Å²) >= 11 is 2.04. The van der Waals surface area contributed by atoms with Crippen LogP contribution in [-0.2, 0) is 0 Å². The number of hydrogen-bond donors (Lipinski definition) is 2. The lowest BCUT2D eigenvalue weighted by molar-refractivity contribution is 0.0693. The molecule has 0 saturated carbocycles. The van der Waals surface area contributed by atoms with Crippen LogP contribution in [0.2, 0.25) is 0 Å². The molecule has 12 heavy (non-hydrogen) atoms. The highest BCUT2D eigenvalue weighted by molar-refractivity contribution is 14.1. The molecular weight excluding hydrogens is 271 g/mol. The van der Waals surface area contributed by atoms with Crippen LogP contribution in [0.25, 0.3) is 0 Å². The van der Waals surface area contributed by atoms with Crippen molar-refractivity contribution in [1.29, 1.82) is 0 Å². The Bertz CT molecular complexity index is 333. The monoisotopic (exact) mass is 278 g/mol. The third-order valence-electron chi connectivity index (χ3n) is 1.60. The highest BCUT2D eigenvalue weighted by Crippen LogP contribution is 2.25. The van der Waals surface area contributed by atoms with Crippen LogP contribution in [-0.4, -0.2) is 16.2 Å². The normalized spacial score (nSPS) is 9.83. The van der Waals surface area contributed by atoms with Crippen molar-refractivity contribution in [1.82, 2.24) is 0 Å². The maximum absolute atomic E-state index is 10.5. The Hall–Kier alpha value is -0.780. The van der Waals surface area contributed by atoms with Crippen LogP contribution < -0.4 is 0 Å². The molecule has 2 N–H and O–H groups in total. The molecule has 3 nitrogen and oxygen atoms in total. The number of benzene rings is 1. The molecule has 0 bridgehead atoms. The van der Waals surface area contributed by atoms with Gasteiger partial charge in [0.2, 0.25) is 0 Å². The van der Waals surface area contributed by atoms with E-state index in [1.54, 1.807) is 13.0 Å². The zero-order valence-electron chi connectivity index (χ0n) is 6.34. The number of rotatable bonds is 1. The zero-order chi connectivity index (χ0) is 9.30. The van der Waals surface area contributed by atoms with E-state index in [-0.39, 0.29) is 11.3 Å². The molecule has 0 aliphatic carbocycles. The van der Waals surface area contributed by atoms with Gasteiger partial charge < -0.3 is 10.2 Å². The van der Waals surface area contributed by atoms with Crippen LogP contribution in [0.5, 0.6) is 5.75 Å². The number of carboxylic acid groups (broad SMARTS) is 1. The molecule has 1 aromatic carbocycles. The molecule has 0 aliphatic rings. The van der Waals surface area contributed by atoms with E-state index in [0.717, 1.165) is 3.57 Å². The molecule has 0 spiro atoms. The lowest BCUT2D eigenvalue weighted by atomic mass is 10.1. The van der Waals surface area contributed by atoms with E-state index in [0.29, 0.717) is 5.56 Å². The summed E-state index contributed by atoms with van der Waals surface area (Å²) in [7, 11) is 0. The predicted molar refractivity (Wildman–Crippen MR) is 52.5 cm³/mol.